The summed E-state index contributed by atoms with van der Waals surface area (Å²) in [4.78, 5) is 78.4. The van der Waals surface area contributed by atoms with E-state index in [1.54, 1.807) is 80.3 Å². The van der Waals surface area contributed by atoms with Crippen LogP contribution in [0, 0.1) is 11.8 Å². The minimum Gasteiger partial charge on any atom is -0.493 e. The largest absolute Gasteiger partial charge is 0.493 e. The maximum absolute atomic E-state index is 14.0. The lowest BCUT2D eigenvalue weighted by atomic mass is 10.0. The first-order valence-corrected chi connectivity index (χ1v) is 22.5. The van der Waals surface area contributed by atoms with Crippen molar-refractivity contribution in [3.05, 3.63) is 95.8 Å². The number of alkyl carbamates (subject to hydrolysis) is 1. The van der Waals surface area contributed by atoms with Crippen LogP contribution in [0.4, 0.5) is 21.9 Å². The van der Waals surface area contributed by atoms with Gasteiger partial charge in [-0.25, -0.2) is 4.79 Å². The normalized spacial score (nSPS) is 18.8. The average molecular weight is 914 g/mol. The fourth-order valence-electron chi connectivity index (χ4n) is 8.35. The molecule has 0 radical (unpaired) electrons. The molecule has 5 aliphatic rings. The predicted octanol–water partition coefficient (Wildman–Crippen LogP) is 7.13. The minimum atomic E-state index is -0.913. The summed E-state index contributed by atoms with van der Waals surface area (Å²) in [7, 11) is 3.05. The molecule has 1 saturated carbocycles. The third-order valence-electron chi connectivity index (χ3n) is 12.2. The summed E-state index contributed by atoms with van der Waals surface area (Å²) >= 11 is 0. The first kappa shape index (κ1) is 46.1. The number of fused-ring (bicyclic) bond motifs is 4. The molecule has 350 valence electrons. The van der Waals surface area contributed by atoms with Crippen LogP contribution < -0.4 is 34.9 Å². The number of ether oxygens (including phenoxy) is 5. The van der Waals surface area contributed by atoms with Crippen molar-refractivity contribution in [3.8, 4) is 23.0 Å². The van der Waals surface area contributed by atoms with E-state index in [9.17, 15) is 24.0 Å². The summed E-state index contributed by atoms with van der Waals surface area (Å²) in [5.74, 6) is 0.744. The number of aliphatic imine (C=N–C) groups is 2. The molecular formula is C50H55N7O10. The van der Waals surface area contributed by atoms with E-state index in [0.717, 1.165) is 17.6 Å². The van der Waals surface area contributed by atoms with Crippen LogP contribution in [0.5, 0.6) is 23.0 Å². The second-order valence-corrected chi connectivity index (χ2v) is 17.3. The highest BCUT2D eigenvalue weighted by Gasteiger charge is 2.38. The molecule has 0 bridgehead atoms. The number of benzene rings is 3. The number of amides is 5. The Labute approximate surface area is 388 Å². The van der Waals surface area contributed by atoms with Crippen LogP contribution in [0.2, 0.25) is 0 Å². The molecular weight excluding hydrogens is 859 g/mol. The Bertz CT molecular complexity index is 2580. The predicted molar refractivity (Wildman–Crippen MR) is 252 cm³/mol. The highest BCUT2D eigenvalue weighted by Crippen LogP contribution is 2.45. The van der Waals surface area contributed by atoms with Crippen LogP contribution in [0.15, 0.2) is 89.1 Å². The Morgan fingerprint density at radius 2 is 1.36 bits per heavy atom. The fourth-order valence-corrected chi connectivity index (χ4v) is 8.35. The topological polar surface area (TPSA) is 199 Å². The zero-order chi connectivity index (χ0) is 47.4. The Hall–Kier alpha value is -7.43. The summed E-state index contributed by atoms with van der Waals surface area (Å²) in [5, 5.41) is 8.00. The fraction of sp³-hybridized carbons (Fsp3) is 0.380. The molecule has 3 aromatic rings. The van der Waals surface area contributed by atoms with Crippen LogP contribution in [0.3, 0.4) is 0 Å². The number of nitrogens with zero attached hydrogens (tertiary/aromatic N) is 4. The Morgan fingerprint density at radius 3 is 1.91 bits per heavy atom. The van der Waals surface area contributed by atoms with Crippen LogP contribution in [-0.2, 0) is 14.3 Å². The van der Waals surface area contributed by atoms with Crippen LogP contribution in [0.25, 0.3) is 5.57 Å². The molecule has 1 fully saturated rings. The van der Waals surface area contributed by atoms with Crippen molar-refractivity contribution in [2.75, 3.05) is 39.4 Å². The van der Waals surface area contributed by atoms with E-state index in [4.69, 9.17) is 28.7 Å². The lowest BCUT2D eigenvalue weighted by Gasteiger charge is -2.23. The summed E-state index contributed by atoms with van der Waals surface area (Å²) < 4.78 is 28.5. The van der Waals surface area contributed by atoms with Gasteiger partial charge in [-0.1, -0.05) is 38.6 Å². The Morgan fingerprint density at radius 1 is 0.776 bits per heavy atom. The molecule has 8 rings (SSSR count). The number of rotatable bonds is 18. The second-order valence-electron chi connectivity index (χ2n) is 17.3. The Kier molecular flexibility index (Phi) is 13.8. The lowest BCUT2D eigenvalue weighted by molar-refractivity contribution is -0.128. The van der Waals surface area contributed by atoms with Gasteiger partial charge < -0.3 is 49.4 Å². The maximum Gasteiger partial charge on any atom is 0.408 e. The lowest BCUT2D eigenvalue weighted by Crippen LogP contribution is -2.53. The van der Waals surface area contributed by atoms with Crippen molar-refractivity contribution >= 4 is 64.8 Å². The molecule has 67 heavy (non-hydrogen) atoms. The van der Waals surface area contributed by atoms with Gasteiger partial charge in [-0.3, -0.25) is 29.2 Å². The van der Waals surface area contributed by atoms with E-state index >= 15 is 0 Å². The van der Waals surface area contributed by atoms with Gasteiger partial charge in [-0.2, -0.15) is 0 Å². The van der Waals surface area contributed by atoms with E-state index in [1.807, 2.05) is 30.7 Å². The standard InChI is InChI=1S/C50H55N7O10/c1-7-15-67-50(62)55-45(28(2)3)47(59)53-29(4)46(58)54-34-13-11-31(12-14-34)33-19-36-25-52-40-23-44(42(64-6)21-38(40)49(61)57(36)27-33)66-17-8-16-65-43-22-39-37(20-41(43)63-5)48(60)56-26-32(30-9-10-30)18-35(56)24-51-39/h7,11-14,20-30,35-36,45H,1,8-10,15-19H2,2-6H3,(H,53,59)(H,54,58)(H,55,62). The smallest absolute Gasteiger partial charge is 0.408 e. The van der Waals surface area contributed by atoms with Crippen molar-refractivity contribution in [3.63, 3.8) is 0 Å². The monoisotopic (exact) mass is 913 g/mol. The number of hydrogen-bond acceptors (Lipinski definition) is 12. The van der Waals surface area contributed by atoms with Gasteiger partial charge in [-0.15, -0.1) is 0 Å². The number of carbonyl (C=O) groups excluding carboxylic acids is 5. The molecule has 4 aliphatic heterocycles. The molecule has 4 unspecified atom stereocenters. The first-order chi connectivity index (χ1) is 32.3. The van der Waals surface area contributed by atoms with Crippen molar-refractivity contribution in [2.24, 2.45) is 21.8 Å². The molecule has 5 amide bonds. The molecule has 3 aromatic carbocycles. The van der Waals surface area contributed by atoms with Crippen LogP contribution in [0.1, 0.15) is 79.2 Å². The van der Waals surface area contributed by atoms with Gasteiger partial charge in [0.25, 0.3) is 11.8 Å². The maximum atomic E-state index is 14.0. The molecule has 0 aromatic heterocycles. The van der Waals surface area contributed by atoms with E-state index in [0.29, 0.717) is 69.9 Å². The van der Waals surface area contributed by atoms with Crippen LogP contribution >= 0.6 is 0 Å². The number of hydrogen-bond donors (Lipinski definition) is 3. The zero-order valence-electron chi connectivity index (χ0n) is 38.2. The second kappa shape index (κ2) is 20.0. The number of nitrogens with one attached hydrogen (secondary N) is 3. The quantitative estimate of drug-likeness (QED) is 0.0872. The first-order valence-electron chi connectivity index (χ1n) is 22.5. The highest BCUT2D eigenvalue weighted by molar-refractivity contribution is 6.06. The van der Waals surface area contributed by atoms with Gasteiger partial charge in [0.05, 0.1) is 62.0 Å². The molecule has 17 heteroatoms. The van der Waals surface area contributed by atoms with Gasteiger partial charge in [0, 0.05) is 55.5 Å². The molecule has 17 nitrogen and oxygen atoms in total. The van der Waals surface area contributed by atoms with Crippen molar-refractivity contribution < 1.29 is 47.7 Å². The Balaban J connectivity index is 0.844. The van der Waals surface area contributed by atoms with E-state index in [-0.39, 0.29) is 49.6 Å². The number of carbonyl (C=O) groups is 5. The summed E-state index contributed by atoms with van der Waals surface area (Å²) in [6, 6.07) is 11.7. The molecule has 0 spiro atoms. The van der Waals surface area contributed by atoms with Crippen LogP contribution in [-0.4, -0.2) is 110 Å². The minimum absolute atomic E-state index is 0.00210. The molecule has 4 heterocycles. The van der Waals surface area contributed by atoms with Crippen molar-refractivity contribution in [1.29, 1.82) is 0 Å². The van der Waals surface area contributed by atoms with Crippen molar-refractivity contribution in [1.82, 2.24) is 20.4 Å². The van der Waals surface area contributed by atoms with Gasteiger partial charge in [-0.05, 0) is 79.0 Å². The molecule has 4 atom stereocenters. The van der Waals surface area contributed by atoms with E-state index in [2.05, 4.69) is 27.5 Å². The van der Waals surface area contributed by atoms with Gasteiger partial charge in [0.15, 0.2) is 23.0 Å². The SMILES string of the molecule is C=CCOC(=O)NC(C(=O)NC(C)C(=O)Nc1ccc(C2=CN3C(=O)c4cc(OC)c(OCCCOc5cc6c(cc5OC)C(=O)N5C=C(C7CC7)CC5C=N6)cc4N=CC3C2)cc1)C(C)C. The highest BCUT2D eigenvalue weighted by atomic mass is 16.5. The van der Waals surface area contributed by atoms with E-state index in [1.165, 1.54) is 31.6 Å². The third kappa shape index (κ3) is 10.2. The third-order valence-corrected chi connectivity index (χ3v) is 12.2. The molecule has 1 aliphatic carbocycles. The zero-order valence-corrected chi connectivity index (χ0v) is 38.2. The van der Waals surface area contributed by atoms with Crippen molar-refractivity contribution in [2.45, 2.75) is 77.0 Å². The molecule has 0 saturated heterocycles. The number of anilines is 1. The van der Waals surface area contributed by atoms with Gasteiger partial charge in [0.2, 0.25) is 11.8 Å². The average Bonchev–Trinajstić information content (AvgIpc) is 4.00. The number of methoxy groups -OCH3 is 2. The summed E-state index contributed by atoms with van der Waals surface area (Å²) in [6.45, 7) is 9.15. The van der Waals surface area contributed by atoms with Gasteiger partial charge in [0.1, 0.15) is 18.7 Å². The summed E-state index contributed by atoms with van der Waals surface area (Å²) in [6.07, 6.45) is 12.3. The van der Waals surface area contributed by atoms with E-state index < -0.39 is 30.0 Å². The summed E-state index contributed by atoms with van der Waals surface area (Å²) in [5.41, 5.74) is 5.43. The van der Waals surface area contributed by atoms with Gasteiger partial charge >= 0.3 is 6.09 Å². The molecule has 3 N–H and O–H groups in total.